The van der Waals surface area contributed by atoms with Crippen LogP contribution in [0, 0.1) is 5.41 Å². The minimum atomic E-state index is -0.222. The lowest BCUT2D eigenvalue weighted by Crippen LogP contribution is -2.35. The molecule has 4 heteroatoms. The SMILES string of the molecule is O=C(NCC1(CO)CC1)Nc1ccc2ccccc2c1. The average molecular weight is 270 g/mol. The molecule has 0 aromatic heterocycles. The first-order valence-electron chi connectivity index (χ1n) is 6.85. The Morgan fingerprint density at radius 3 is 2.60 bits per heavy atom. The number of hydrogen-bond donors (Lipinski definition) is 3. The first-order chi connectivity index (χ1) is 9.71. The molecule has 0 saturated heterocycles. The van der Waals surface area contributed by atoms with Crippen molar-refractivity contribution in [3.8, 4) is 0 Å². The molecule has 0 atom stereocenters. The summed E-state index contributed by atoms with van der Waals surface area (Å²) in [4.78, 5) is 11.8. The number of carbonyl (C=O) groups is 1. The number of benzene rings is 2. The molecule has 1 aliphatic carbocycles. The van der Waals surface area contributed by atoms with Gasteiger partial charge in [-0.3, -0.25) is 0 Å². The summed E-state index contributed by atoms with van der Waals surface area (Å²) in [6.45, 7) is 0.673. The maximum absolute atomic E-state index is 11.8. The lowest BCUT2D eigenvalue weighted by molar-refractivity contribution is 0.206. The van der Waals surface area contributed by atoms with Crippen LogP contribution in [-0.2, 0) is 0 Å². The van der Waals surface area contributed by atoms with Gasteiger partial charge in [0.25, 0.3) is 0 Å². The van der Waals surface area contributed by atoms with Crippen LogP contribution in [0.1, 0.15) is 12.8 Å². The van der Waals surface area contributed by atoms with Crippen LogP contribution in [-0.4, -0.2) is 24.3 Å². The summed E-state index contributed by atoms with van der Waals surface area (Å²) >= 11 is 0. The van der Waals surface area contributed by atoms with Crippen molar-refractivity contribution in [1.29, 1.82) is 0 Å². The summed E-state index contributed by atoms with van der Waals surface area (Å²) < 4.78 is 0. The van der Waals surface area contributed by atoms with E-state index in [0.717, 1.165) is 29.3 Å². The van der Waals surface area contributed by atoms with Gasteiger partial charge in [-0.2, -0.15) is 0 Å². The second kappa shape index (κ2) is 5.13. The monoisotopic (exact) mass is 270 g/mol. The number of anilines is 1. The largest absolute Gasteiger partial charge is 0.396 e. The third kappa shape index (κ3) is 2.75. The number of carbonyl (C=O) groups excluding carboxylic acids is 1. The van der Waals surface area contributed by atoms with Crippen LogP contribution in [0.15, 0.2) is 42.5 Å². The van der Waals surface area contributed by atoms with Gasteiger partial charge < -0.3 is 15.7 Å². The van der Waals surface area contributed by atoms with Crippen LogP contribution in [0.2, 0.25) is 0 Å². The maximum atomic E-state index is 11.8. The summed E-state index contributed by atoms with van der Waals surface area (Å²) in [7, 11) is 0. The molecule has 4 nitrogen and oxygen atoms in total. The van der Waals surface area contributed by atoms with Crippen LogP contribution >= 0.6 is 0 Å². The van der Waals surface area contributed by atoms with E-state index in [1.807, 2.05) is 42.5 Å². The molecule has 0 aliphatic heterocycles. The van der Waals surface area contributed by atoms with E-state index in [2.05, 4.69) is 10.6 Å². The van der Waals surface area contributed by atoms with Crippen LogP contribution in [0.25, 0.3) is 10.8 Å². The normalized spacial score (nSPS) is 15.8. The first-order valence-corrected chi connectivity index (χ1v) is 6.85. The highest BCUT2D eigenvalue weighted by atomic mass is 16.3. The second-order valence-electron chi connectivity index (χ2n) is 5.53. The van der Waals surface area contributed by atoms with Crippen molar-refractivity contribution in [3.63, 3.8) is 0 Å². The zero-order valence-electron chi connectivity index (χ0n) is 11.2. The molecular formula is C16H18N2O2. The van der Waals surface area contributed by atoms with Gasteiger partial charge in [0.1, 0.15) is 0 Å². The Morgan fingerprint density at radius 1 is 1.15 bits per heavy atom. The second-order valence-corrected chi connectivity index (χ2v) is 5.53. The zero-order valence-corrected chi connectivity index (χ0v) is 11.2. The van der Waals surface area contributed by atoms with Crippen molar-refractivity contribution < 1.29 is 9.90 Å². The van der Waals surface area contributed by atoms with Crippen molar-refractivity contribution in [2.45, 2.75) is 12.8 Å². The Morgan fingerprint density at radius 2 is 1.90 bits per heavy atom. The molecule has 0 unspecified atom stereocenters. The van der Waals surface area contributed by atoms with Gasteiger partial charge in [0.2, 0.25) is 0 Å². The number of hydrogen-bond acceptors (Lipinski definition) is 2. The number of aliphatic hydroxyl groups is 1. The maximum Gasteiger partial charge on any atom is 0.319 e. The van der Waals surface area contributed by atoms with Crippen molar-refractivity contribution in [2.75, 3.05) is 18.5 Å². The molecule has 0 bridgehead atoms. The van der Waals surface area contributed by atoms with Gasteiger partial charge in [0.15, 0.2) is 0 Å². The summed E-state index contributed by atoms with van der Waals surface area (Å²) in [6.07, 6.45) is 1.97. The van der Waals surface area contributed by atoms with Crippen molar-refractivity contribution in [1.82, 2.24) is 5.32 Å². The van der Waals surface area contributed by atoms with E-state index in [0.29, 0.717) is 6.54 Å². The predicted molar refractivity (Wildman–Crippen MR) is 79.7 cm³/mol. The summed E-state index contributed by atoms with van der Waals surface area (Å²) in [5.41, 5.74) is 0.704. The molecule has 1 aliphatic rings. The van der Waals surface area contributed by atoms with Gasteiger partial charge in [-0.25, -0.2) is 4.79 Å². The van der Waals surface area contributed by atoms with E-state index < -0.39 is 0 Å². The molecule has 0 heterocycles. The van der Waals surface area contributed by atoms with Crippen LogP contribution in [0.5, 0.6) is 0 Å². The van der Waals surface area contributed by atoms with E-state index in [1.54, 1.807) is 0 Å². The molecule has 104 valence electrons. The Kier molecular flexibility index (Phi) is 3.32. The number of amides is 2. The van der Waals surface area contributed by atoms with Gasteiger partial charge >= 0.3 is 6.03 Å². The van der Waals surface area contributed by atoms with Crippen LogP contribution < -0.4 is 10.6 Å². The van der Waals surface area contributed by atoms with Gasteiger partial charge in [-0.05, 0) is 35.7 Å². The van der Waals surface area contributed by atoms with Gasteiger partial charge in [-0.1, -0.05) is 30.3 Å². The molecule has 0 spiro atoms. The quantitative estimate of drug-likeness (QED) is 0.800. The molecule has 3 rings (SSSR count). The number of aliphatic hydroxyl groups excluding tert-OH is 1. The molecule has 0 radical (unpaired) electrons. The lowest BCUT2D eigenvalue weighted by atomic mass is 10.1. The van der Waals surface area contributed by atoms with Crippen molar-refractivity contribution in [2.24, 2.45) is 5.41 Å². The standard InChI is InChI=1S/C16H18N2O2/c19-11-16(7-8-16)10-17-15(20)18-14-6-5-12-3-1-2-4-13(12)9-14/h1-6,9,19H,7-8,10-11H2,(H2,17,18,20). The molecule has 1 fully saturated rings. The fourth-order valence-corrected chi connectivity index (χ4v) is 2.28. The zero-order chi connectivity index (χ0) is 14.0. The fraction of sp³-hybridized carbons (Fsp3) is 0.312. The molecule has 2 aromatic carbocycles. The first kappa shape index (κ1) is 12.9. The Labute approximate surface area is 117 Å². The van der Waals surface area contributed by atoms with E-state index >= 15 is 0 Å². The van der Waals surface area contributed by atoms with Crippen molar-refractivity contribution in [3.05, 3.63) is 42.5 Å². The average Bonchev–Trinajstić information content (AvgIpc) is 3.26. The minimum Gasteiger partial charge on any atom is -0.396 e. The molecule has 2 amide bonds. The predicted octanol–water partition coefficient (Wildman–Crippen LogP) is 2.73. The highest BCUT2D eigenvalue weighted by Crippen LogP contribution is 2.44. The number of fused-ring (bicyclic) bond motifs is 1. The lowest BCUT2D eigenvalue weighted by Gasteiger charge is -2.13. The summed E-state index contributed by atoms with van der Waals surface area (Å²) in [5, 5.41) is 17.1. The highest BCUT2D eigenvalue weighted by Gasteiger charge is 2.42. The van der Waals surface area contributed by atoms with E-state index in [-0.39, 0.29) is 18.1 Å². The fourth-order valence-electron chi connectivity index (χ4n) is 2.28. The molecule has 1 saturated carbocycles. The van der Waals surface area contributed by atoms with Gasteiger partial charge in [-0.15, -0.1) is 0 Å². The smallest absolute Gasteiger partial charge is 0.319 e. The summed E-state index contributed by atoms with van der Waals surface area (Å²) in [6, 6.07) is 13.6. The van der Waals surface area contributed by atoms with Crippen molar-refractivity contribution >= 4 is 22.5 Å². The Bertz CT molecular complexity index is 635. The Hall–Kier alpha value is -2.07. The topological polar surface area (TPSA) is 61.4 Å². The van der Waals surface area contributed by atoms with Crippen LogP contribution in [0.4, 0.5) is 10.5 Å². The molecular weight excluding hydrogens is 252 g/mol. The number of urea groups is 1. The van der Waals surface area contributed by atoms with Crippen LogP contribution in [0.3, 0.4) is 0 Å². The highest BCUT2D eigenvalue weighted by molar-refractivity contribution is 5.93. The van der Waals surface area contributed by atoms with E-state index in [4.69, 9.17) is 0 Å². The number of nitrogens with one attached hydrogen (secondary N) is 2. The molecule has 2 aromatic rings. The third-order valence-electron chi connectivity index (χ3n) is 3.92. The van der Waals surface area contributed by atoms with E-state index in [9.17, 15) is 9.90 Å². The summed E-state index contributed by atoms with van der Waals surface area (Å²) in [5.74, 6) is 0. The molecule has 20 heavy (non-hydrogen) atoms. The number of rotatable bonds is 4. The van der Waals surface area contributed by atoms with E-state index in [1.165, 1.54) is 0 Å². The third-order valence-corrected chi connectivity index (χ3v) is 3.92. The molecule has 3 N–H and O–H groups in total. The van der Waals surface area contributed by atoms with Gasteiger partial charge in [0, 0.05) is 17.6 Å². The minimum absolute atomic E-state index is 0.0687. The van der Waals surface area contributed by atoms with Gasteiger partial charge in [0.05, 0.1) is 6.61 Å². The Balaban J connectivity index is 1.62.